The topological polar surface area (TPSA) is 90.5 Å². The minimum absolute atomic E-state index is 0.125. The van der Waals surface area contributed by atoms with Crippen molar-refractivity contribution >= 4 is 23.4 Å². The van der Waals surface area contributed by atoms with Gasteiger partial charge in [-0.2, -0.15) is 5.10 Å². The molecule has 3 aromatic rings. The van der Waals surface area contributed by atoms with E-state index in [-0.39, 0.29) is 17.5 Å². The zero-order valence-electron chi connectivity index (χ0n) is 15.9. The molecule has 2 aromatic heterocycles. The lowest BCUT2D eigenvalue weighted by molar-refractivity contribution is -0.113. The Bertz CT molecular complexity index is 967. The third kappa shape index (κ3) is 5.00. The summed E-state index contributed by atoms with van der Waals surface area (Å²) in [4.78, 5) is 12.2. The molecule has 0 spiro atoms. The van der Waals surface area contributed by atoms with Crippen LogP contribution < -0.4 is 5.32 Å². The molecule has 1 aromatic carbocycles. The fourth-order valence-corrected chi connectivity index (χ4v) is 4.22. The van der Waals surface area contributed by atoms with Gasteiger partial charge in [0, 0.05) is 11.8 Å². The third-order valence-electron chi connectivity index (χ3n) is 4.90. The number of tetrazole rings is 1. The van der Waals surface area contributed by atoms with Crippen molar-refractivity contribution in [2.75, 3.05) is 11.1 Å². The van der Waals surface area contributed by atoms with E-state index >= 15 is 0 Å². The van der Waals surface area contributed by atoms with Gasteiger partial charge in [0.25, 0.3) is 0 Å². The number of halogens is 1. The monoisotopic (exact) mass is 415 g/mol. The number of carbonyl (C=O) groups excluding carboxylic acids is 1. The number of rotatable bonds is 8. The third-order valence-corrected chi connectivity index (χ3v) is 5.83. The molecule has 0 atom stereocenters. The van der Waals surface area contributed by atoms with Crippen LogP contribution in [0.5, 0.6) is 0 Å². The lowest BCUT2D eigenvalue weighted by atomic mass is 10.2. The number of anilines is 1. The Labute approximate surface area is 171 Å². The van der Waals surface area contributed by atoms with Gasteiger partial charge in [-0.1, -0.05) is 31.0 Å². The molecule has 29 heavy (non-hydrogen) atoms. The number of nitrogens with one attached hydrogen (secondary N) is 1. The van der Waals surface area contributed by atoms with Gasteiger partial charge in [0.05, 0.1) is 36.0 Å². The second kappa shape index (κ2) is 9.17. The summed E-state index contributed by atoms with van der Waals surface area (Å²) in [5.74, 6) is 1.29. The van der Waals surface area contributed by atoms with Crippen molar-refractivity contribution in [2.45, 2.75) is 44.0 Å². The van der Waals surface area contributed by atoms with E-state index in [2.05, 4.69) is 25.9 Å². The second-order valence-corrected chi connectivity index (χ2v) is 8.02. The van der Waals surface area contributed by atoms with Crippen LogP contribution in [0.3, 0.4) is 0 Å². The zero-order chi connectivity index (χ0) is 20.1. The lowest BCUT2D eigenvalue weighted by Crippen LogP contribution is -2.15. The largest absolute Gasteiger partial charge is 0.323 e. The summed E-state index contributed by atoms with van der Waals surface area (Å²) in [7, 11) is 0. The van der Waals surface area contributed by atoms with Gasteiger partial charge in [-0.3, -0.25) is 9.48 Å². The number of thioether (sulfide) groups is 1. The maximum atomic E-state index is 13.7. The highest BCUT2D eigenvalue weighted by Gasteiger charge is 2.21. The van der Waals surface area contributed by atoms with E-state index in [0.717, 1.165) is 18.7 Å². The number of amides is 1. The first-order valence-electron chi connectivity index (χ1n) is 9.59. The summed E-state index contributed by atoms with van der Waals surface area (Å²) in [5, 5.41) is 19.0. The van der Waals surface area contributed by atoms with E-state index in [9.17, 15) is 9.18 Å². The predicted molar refractivity (Wildman–Crippen MR) is 108 cm³/mol. The fraction of sp³-hybridized carbons (Fsp3) is 0.421. The maximum Gasteiger partial charge on any atom is 0.234 e. The van der Waals surface area contributed by atoms with Crippen LogP contribution in [0.4, 0.5) is 10.1 Å². The lowest BCUT2D eigenvalue weighted by Gasteiger charge is -2.10. The first-order chi connectivity index (χ1) is 14.2. The number of carbonyl (C=O) groups is 1. The fourth-order valence-electron chi connectivity index (χ4n) is 3.49. The summed E-state index contributed by atoms with van der Waals surface area (Å²) in [6, 6.07) is 6.95. The Morgan fingerprint density at radius 2 is 2.10 bits per heavy atom. The normalized spacial score (nSPS) is 14.4. The van der Waals surface area contributed by atoms with E-state index in [4.69, 9.17) is 0 Å². The van der Waals surface area contributed by atoms with E-state index in [1.54, 1.807) is 35.3 Å². The summed E-state index contributed by atoms with van der Waals surface area (Å²) in [6.45, 7) is 0.307. The molecule has 152 valence electrons. The maximum absolute atomic E-state index is 13.7. The molecular weight excluding hydrogens is 393 g/mol. The molecule has 0 saturated heterocycles. The van der Waals surface area contributed by atoms with Crippen molar-refractivity contribution in [3.63, 3.8) is 0 Å². The van der Waals surface area contributed by atoms with Gasteiger partial charge in [-0.15, -0.1) is 16.9 Å². The highest BCUT2D eigenvalue weighted by atomic mass is 32.2. The molecule has 1 aliphatic rings. The van der Waals surface area contributed by atoms with Crippen molar-refractivity contribution < 1.29 is 9.18 Å². The van der Waals surface area contributed by atoms with Crippen LogP contribution >= 0.6 is 11.8 Å². The van der Waals surface area contributed by atoms with Crippen LogP contribution in [-0.4, -0.2) is 41.6 Å². The number of aromatic nitrogens is 6. The SMILES string of the molecule is O=C(CSCc1nnnn1C1CCCC1)Nc1cnn(Cc2ccccc2F)c1. The standard InChI is InChI=1S/C19H22FN7OS/c20-17-8-4-1-5-14(17)10-26-11-15(9-21-26)22-19(28)13-29-12-18-23-24-25-27(18)16-6-2-3-7-16/h1,4-5,8-9,11,16H,2-3,6-7,10,12-13H2,(H,22,28). The first-order valence-corrected chi connectivity index (χ1v) is 10.7. The Balaban J connectivity index is 1.25. The molecular formula is C19H22FN7OS. The molecule has 10 heteroatoms. The molecule has 4 rings (SSSR count). The Morgan fingerprint density at radius 1 is 1.28 bits per heavy atom. The zero-order valence-corrected chi connectivity index (χ0v) is 16.7. The number of nitrogens with zero attached hydrogens (tertiary/aromatic N) is 6. The highest BCUT2D eigenvalue weighted by molar-refractivity contribution is 7.99. The van der Waals surface area contributed by atoms with E-state index in [0.29, 0.717) is 29.6 Å². The van der Waals surface area contributed by atoms with E-state index in [1.807, 2.05) is 4.68 Å². The van der Waals surface area contributed by atoms with Gasteiger partial charge in [0.15, 0.2) is 5.82 Å². The first kappa shape index (κ1) is 19.6. The molecule has 0 unspecified atom stereocenters. The quantitative estimate of drug-likeness (QED) is 0.608. The van der Waals surface area contributed by atoms with Crippen LogP contribution in [0.2, 0.25) is 0 Å². The van der Waals surface area contributed by atoms with Gasteiger partial charge < -0.3 is 5.32 Å². The summed E-state index contributed by atoms with van der Waals surface area (Å²) >= 11 is 1.47. The predicted octanol–water partition coefficient (Wildman–Crippen LogP) is 3.04. The number of hydrogen-bond donors (Lipinski definition) is 1. The number of hydrogen-bond acceptors (Lipinski definition) is 6. The van der Waals surface area contributed by atoms with Crippen LogP contribution in [0.1, 0.15) is 43.1 Å². The summed E-state index contributed by atoms with van der Waals surface area (Å²) < 4.78 is 17.2. The van der Waals surface area contributed by atoms with Gasteiger partial charge >= 0.3 is 0 Å². The van der Waals surface area contributed by atoms with Crippen molar-refractivity contribution in [3.8, 4) is 0 Å². The molecule has 0 aliphatic heterocycles. The highest BCUT2D eigenvalue weighted by Crippen LogP contribution is 2.29. The minimum Gasteiger partial charge on any atom is -0.323 e. The minimum atomic E-state index is -0.273. The molecule has 1 amide bonds. The second-order valence-electron chi connectivity index (χ2n) is 7.04. The van der Waals surface area contributed by atoms with E-state index in [1.165, 1.54) is 30.7 Å². The van der Waals surface area contributed by atoms with Gasteiger partial charge in [-0.25, -0.2) is 9.07 Å². The molecule has 2 heterocycles. The van der Waals surface area contributed by atoms with Gasteiger partial charge in [0.1, 0.15) is 5.82 Å². The average molecular weight is 415 g/mol. The van der Waals surface area contributed by atoms with Crippen LogP contribution in [0, 0.1) is 5.82 Å². The Hall–Kier alpha value is -2.75. The van der Waals surface area contributed by atoms with Crippen molar-refractivity contribution in [3.05, 3.63) is 53.9 Å². The Morgan fingerprint density at radius 3 is 2.93 bits per heavy atom. The molecule has 1 N–H and O–H groups in total. The van der Waals surface area contributed by atoms with Gasteiger partial charge in [-0.05, 0) is 29.3 Å². The van der Waals surface area contributed by atoms with Crippen LogP contribution in [-0.2, 0) is 17.1 Å². The summed E-state index contributed by atoms with van der Waals surface area (Å²) in [5.41, 5.74) is 1.13. The van der Waals surface area contributed by atoms with Gasteiger partial charge in [0.2, 0.25) is 5.91 Å². The molecule has 0 bridgehead atoms. The molecule has 1 fully saturated rings. The van der Waals surface area contributed by atoms with Crippen molar-refractivity contribution in [1.82, 2.24) is 30.0 Å². The van der Waals surface area contributed by atoms with Crippen LogP contribution in [0.15, 0.2) is 36.7 Å². The molecule has 0 radical (unpaired) electrons. The van der Waals surface area contributed by atoms with E-state index < -0.39 is 0 Å². The van der Waals surface area contributed by atoms with Crippen molar-refractivity contribution in [1.29, 1.82) is 0 Å². The van der Waals surface area contributed by atoms with Crippen molar-refractivity contribution in [2.24, 2.45) is 0 Å². The smallest absolute Gasteiger partial charge is 0.234 e. The van der Waals surface area contributed by atoms with Crippen LogP contribution in [0.25, 0.3) is 0 Å². The molecule has 8 nitrogen and oxygen atoms in total. The Kier molecular flexibility index (Phi) is 6.18. The average Bonchev–Trinajstić information content (AvgIpc) is 3.45. The number of benzene rings is 1. The molecule has 1 aliphatic carbocycles. The summed E-state index contributed by atoms with van der Waals surface area (Å²) in [6.07, 6.45) is 7.90. The molecule has 1 saturated carbocycles.